The first-order chi connectivity index (χ1) is 8.25. The number of hydrazone groups is 1. The monoisotopic (exact) mass is 231 g/mol. The number of nitro groups is 1. The SMILES string of the molecule is O=[N+]([O-])c1cccc(NN=Cc2ccco2)c1. The molecule has 0 aliphatic carbocycles. The molecule has 0 fully saturated rings. The van der Waals surface area contributed by atoms with E-state index in [-0.39, 0.29) is 5.69 Å². The predicted octanol–water partition coefficient (Wildman–Crippen LogP) is 2.63. The average molecular weight is 231 g/mol. The van der Waals surface area contributed by atoms with Crippen molar-refractivity contribution in [1.82, 2.24) is 0 Å². The van der Waals surface area contributed by atoms with Crippen molar-refractivity contribution in [3.8, 4) is 0 Å². The van der Waals surface area contributed by atoms with Crippen LogP contribution in [0, 0.1) is 10.1 Å². The Bertz CT molecular complexity index is 535. The fraction of sp³-hybridized carbons (Fsp3) is 0. The van der Waals surface area contributed by atoms with Gasteiger partial charge in [-0.2, -0.15) is 5.10 Å². The number of nitrogens with one attached hydrogen (secondary N) is 1. The van der Waals surface area contributed by atoms with E-state index in [2.05, 4.69) is 10.5 Å². The quantitative estimate of drug-likeness (QED) is 0.498. The molecule has 2 rings (SSSR count). The normalized spacial score (nSPS) is 10.6. The zero-order valence-electron chi connectivity index (χ0n) is 8.74. The average Bonchev–Trinajstić information content (AvgIpc) is 2.82. The van der Waals surface area contributed by atoms with Crippen LogP contribution in [0.2, 0.25) is 0 Å². The molecule has 1 aromatic carbocycles. The summed E-state index contributed by atoms with van der Waals surface area (Å²) >= 11 is 0. The molecule has 1 N–H and O–H groups in total. The van der Waals surface area contributed by atoms with Gasteiger partial charge in [0.05, 0.1) is 23.1 Å². The van der Waals surface area contributed by atoms with Crippen LogP contribution in [0.1, 0.15) is 5.76 Å². The lowest BCUT2D eigenvalue weighted by Crippen LogP contribution is -1.92. The van der Waals surface area contributed by atoms with Crippen LogP contribution in [0.4, 0.5) is 11.4 Å². The lowest BCUT2D eigenvalue weighted by Gasteiger charge is -1.98. The standard InChI is InChI=1S/C11H9N3O3/c15-14(16)10-4-1-3-9(7-10)13-12-8-11-5-2-6-17-11/h1-8,13H. The predicted molar refractivity (Wildman–Crippen MR) is 63.0 cm³/mol. The molecule has 1 heterocycles. The summed E-state index contributed by atoms with van der Waals surface area (Å²) in [4.78, 5) is 10.1. The smallest absolute Gasteiger partial charge is 0.271 e. The lowest BCUT2D eigenvalue weighted by molar-refractivity contribution is -0.384. The number of hydrogen-bond acceptors (Lipinski definition) is 5. The minimum Gasteiger partial charge on any atom is -0.463 e. The Hall–Kier alpha value is -2.63. The van der Waals surface area contributed by atoms with Crippen LogP contribution in [0.25, 0.3) is 0 Å². The summed E-state index contributed by atoms with van der Waals surface area (Å²) in [5, 5.41) is 14.4. The molecule has 0 aliphatic rings. The van der Waals surface area contributed by atoms with Gasteiger partial charge in [0.2, 0.25) is 0 Å². The second-order valence-corrected chi connectivity index (χ2v) is 3.19. The fourth-order valence-corrected chi connectivity index (χ4v) is 1.22. The zero-order valence-corrected chi connectivity index (χ0v) is 8.74. The molecule has 2 aromatic rings. The first kappa shape index (κ1) is 10.9. The molecular formula is C11H9N3O3. The molecule has 0 atom stereocenters. The molecule has 17 heavy (non-hydrogen) atoms. The van der Waals surface area contributed by atoms with Gasteiger partial charge < -0.3 is 4.42 Å². The van der Waals surface area contributed by atoms with E-state index < -0.39 is 4.92 Å². The number of nitro benzene ring substituents is 1. The van der Waals surface area contributed by atoms with Gasteiger partial charge in [0.15, 0.2) is 0 Å². The van der Waals surface area contributed by atoms with Crippen LogP contribution in [0.15, 0.2) is 52.2 Å². The Morgan fingerprint density at radius 3 is 2.94 bits per heavy atom. The summed E-state index contributed by atoms with van der Waals surface area (Å²) in [5.41, 5.74) is 3.24. The maximum absolute atomic E-state index is 10.5. The van der Waals surface area contributed by atoms with E-state index in [1.54, 1.807) is 24.3 Å². The van der Waals surface area contributed by atoms with Crippen molar-refractivity contribution in [3.63, 3.8) is 0 Å². The van der Waals surface area contributed by atoms with Crippen LogP contribution in [0.3, 0.4) is 0 Å². The third-order valence-electron chi connectivity index (χ3n) is 1.99. The van der Waals surface area contributed by atoms with E-state index in [0.29, 0.717) is 11.4 Å². The molecule has 0 saturated carbocycles. The van der Waals surface area contributed by atoms with Crippen molar-refractivity contribution in [3.05, 3.63) is 58.5 Å². The van der Waals surface area contributed by atoms with Gasteiger partial charge in [0.1, 0.15) is 5.76 Å². The third-order valence-corrected chi connectivity index (χ3v) is 1.99. The fourth-order valence-electron chi connectivity index (χ4n) is 1.22. The summed E-state index contributed by atoms with van der Waals surface area (Å²) in [7, 11) is 0. The third kappa shape index (κ3) is 2.91. The van der Waals surface area contributed by atoms with Crippen LogP contribution in [-0.2, 0) is 0 Å². The van der Waals surface area contributed by atoms with Crippen molar-refractivity contribution < 1.29 is 9.34 Å². The summed E-state index contributed by atoms with van der Waals surface area (Å²) in [6.07, 6.45) is 3.02. The highest BCUT2D eigenvalue weighted by atomic mass is 16.6. The topological polar surface area (TPSA) is 80.7 Å². The molecule has 0 radical (unpaired) electrons. The summed E-state index contributed by atoms with van der Waals surface area (Å²) in [6, 6.07) is 9.59. The van der Waals surface area contributed by atoms with Crippen LogP contribution in [0.5, 0.6) is 0 Å². The van der Waals surface area contributed by atoms with Gasteiger partial charge in [0.25, 0.3) is 5.69 Å². The molecule has 0 bridgehead atoms. The van der Waals surface area contributed by atoms with Gasteiger partial charge >= 0.3 is 0 Å². The first-order valence-electron chi connectivity index (χ1n) is 4.83. The van der Waals surface area contributed by atoms with Gasteiger partial charge in [-0.15, -0.1) is 0 Å². The molecule has 0 spiro atoms. The highest BCUT2D eigenvalue weighted by molar-refractivity contribution is 5.76. The molecule has 6 heteroatoms. The Balaban J connectivity index is 2.04. The van der Waals surface area contributed by atoms with Crippen molar-refractivity contribution in [1.29, 1.82) is 0 Å². The Labute approximate surface area is 96.7 Å². The number of anilines is 1. The maximum Gasteiger partial charge on any atom is 0.271 e. The van der Waals surface area contributed by atoms with Gasteiger partial charge in [-0.1, -0.05) is 6.07 Å². The van der Waals surface area contributed by atoms with Crippen molar-refractivity contribution >= 4 is 17.6 Å². The van der Waals surface area contributed by atoms with E-state index in [1.807, 2.05) is 0 Å². The molecule has 0 unspecified atom stereocenters. The molecular weight excluding hydrogens is 222 g/mol. The van der Waals surface area contributed by atoms with Crippen molar-refractivity contribution in [2.45, 2.75) is 0 Å². The molecule has 86 valence electrons. The molecule has 0 aliphatic heterocycles. The number of hydrogen-bond donors (Lipinski definition) is 1. The van der Waals surface area contributed by atoms with Crippen molar-refractivity contribution in [2.75, 3.05) is 5.43 Å². The summed E-state index contributed by atoms with van der Waals surface area (Å²) in [6.45, 7) is 0. The Kier molecular flexibility index (Phi) is 3.15. The second-order valence-electron chi connectivity index (χ2n) is 3.19. The van der Waals surface area contributed by atoms with E-state index in [9.17, 15) is 10.1 Å². The highest BCUT2D eigenvalue weighted by Crippen LogP contribution is 2.16. The summed E-state index contributed by atoms with van der Waals surface area (Å²) < 4.78 is 5.04. The molecule has 6 nitrogen and oxygen atoms in total. The highest BCUT2D eigenvalue weighted by Gasteiger charge is 2.04. The molecule has 0 saturated heterocycles. The number of rotatable bonds is 4. The second kappa shape index (κ2) is 4.93. The lowest BCUT2D eigenvalue weighted by atomic mass is 10.3. The number of non-ortho nitro benzene ring substituents is 1. The maximum atomic E-state index is 10.5. The zero-order chi connectivity index (χ0) is 12.1. The summed E-state index contributed by atoms with van der Waals surface area (Å²) in [5.74, 6) is 0.600. The van der Waals surface area contributed by atoms with Gasteiger partial charge in [-0.25, -0.2) is 0 Å². The Morgan fingerprint density at radius 2 is 2.24 bits per heavy atom. The Morgan fingerprint density at radius 1 is 1.35 bits per heavy atom. The molecule has 0 amide bonds. The van der Waals surface area contributed by atoms with Crippen LogP contribution >= 0.6 is 0 Å². The number of benzene rings is 1. The van der Waals surface area contributed by atoms with Gasteiger partial charge in [-0.3, -0.25) is 15.5 Å². The minimum absolute atomic E-state index is 0.0169. The minimum atomic E-state index is -0.457. The van der Waals surface area contributed by atoms with Gasteiger partial charge in [-0.05, 0) is 18.2 Å². The molecule has 1 aromatic heterocycles. The number of furan rings is 1. The van der Waals surface area contributed by atoms with Gasteiger partial charge in [0, 0.05) is 12.1 Å². The number of nitrogens with zero attached hydrogens (tertiary/aromatic N) is 2. The van der Waals surface area contributed by atoms with E-state index in [1.165, 1.54) is 24.6 Å². The van der Waals surface area contributed by atoms with Crippen molar-refractivity contribution in [2.24, 2.45) is 5.10 Å². The van der Waals surface area contributed by atoms with E-state index >= 15 is 0 Å². The van der Waals surface area contributed by atoms with Crippen LogP contribution < -0.4 is 5.43 Å². The van der Waals surface area contributed by atoms with E-state index in [0.717, 1.165) is 0 Å². The van der Waals surface area contributed by atoms with Crippen LogP contribution in [-0.4, -0.2) is 11.1 Å². The first-order valence-corrected chi connectivity index (χ1v) is 4.83. The largest absolute Gasteiger partial charge is 0.463 e. The van der Waals surface area contributed by atoms with E-state index in [4.69, 9.17) is 4.42 Å².